The van der Waals surface area contributed by atoms with Gasteiger partial charge in [0.25, 0.3) is 5.91 Å². The highest BCUT2D eigenvalue weighted by atomic mass is 127. The highest BCUT2D eigenvalue weighted by molar-refractivity contribution is 14.0. The first-order valence-corrected chi connectivity index (χ1v) is 10.7. The number of rotatable bonds is 5. The van der Waals surface area contributed by atoms with Gasteiger partial charge in [0.15, 0.2) is 11.7 Å². The van der Waals surface area contributed by atoms with Gasteiger partial charge in [-0.25, -0.2) is 0 Å². The number of benzene rings is 2. The van der Waals surface area contributed by atoms with Crippen molar-refractivity contribution >= 4 is 41.5 Å². The largest absolute Gasteiger partial charge is 0.459 e. The molecule has 1 saturated heterocycles. The molecule has 1 aromatic heterocycles. The van der Waals surface area contributed by atoms with E-state index in [9.17, 15) is 4.79 Å². The first-order chi connectivity index (χ1) is 15.6. The fraction of sp³-hybridized carbons (Fsp3) is 0.280. The van der Waals surface area contributed by atoms with E-state index >= 15 is 0 Å². The number of ether oxygens (including phenoxy) is 1. The average Bonchev–Trinajstić information content (AvgIpc) is 3.36. The van der Waals surface area contributed by atoms with Crippen LogP contribution >= 0.6 is 24.0 Å². The second-order valence-corrected chi connectivity index (χ2v) is 7.69. The Balaban J connectivity index is 0.00000306. The van der Waals surface area contributed by atoms with Gasteiger partial charge >= 0.3 is 0 Å². The van der Waals surface area contributed by atoms with Crippen LogP contribution < -0.4 is 10.6 Å². The summed E-state index contributed by atoms with van der Waals surface area (Å²) in [5, 5.41) is 6.27. The number of aliphatic imine (C=N–C) groups is 1. The molecule has 1 amide bonds. The molecule has 0 spiro atoms. The van der Waals surface area contributed by atoms with Gasteiger partial charge in [0, 0.05) is 25.8 Å². The summed E-state index contributed by atoms with van der Waals surface area (Å²) >= 11 is 0. The monoisotopic (exact) mass is 560 g/mol. The van der Waals surface area contributed by atoms with Crippen molar-refractivity contribution in [2.75, 3.05) is 32.1 Å². The molecule has 2 N–H and O–H groups in total. The lowest BCUT2D eigenvalue weighted by molar-refractivity contribution is -0.00834. The Kier molecular flexibility index (Phi) is 8.90. The lowest BCUT2D eigenvalue weighted by Gasteiger charge is -2.35. The van der Waals surface area contributed by atoms with Crippen LogP contribution in [0.5, 0.6) is 0 Å². The number of furan rings is 1. The van der Waals surface area contributed by atoms with E-state index in [0.717, 1.165) is 24.6 Å². The molecule has 0 bridgehead atoms. The number of aryl methyl sites for hydroxylation is 1. The molecule has 2 aromatic carbocycles. The summed E-state index contributed by atoms with van der Waals surface area (Å²) in [6.45, 7) is 4.95. The van der Waals surface area contributed by atoms with Gasteiger partial charge in [0.05, 0.1) is 19.4 Å². The van der Waals surface area contributed by atoms with Gasteiger partial charge < -0.3 is 24.7 Å². The zero-order valence-electron chi connectivity index (χ0n) is 18.8. The van der Waals surface area contributed by atoms with Crippen molar-refractivity contribution in [3.63, 3.8) is 0 Å². The van der Waals surface area contributed by atoms with Gasteiger partial charge in [-0.3, -0.25) is 9.79 Å². The summed E-state index contributed by atoms with van der Waals surface area (Å²) in [5.41, 5.74) is 4.26. The van der Waals surface area contributed by atoms with Crippen molar-refractivity contribution in [1.82, 2.24) is 10.2 Å². The summed E-state index contributed by atoms with van der Waals surface area (Å²) in [5.74, 6) is 0.868. The summed E-state index contributed by atoms with van der Waals surface area (Å²) in [6, 6.07) is 19.4. The molecule has 1 atom stereocenters. The minimum Gasteiger partial charge on any atom is -0.459 e. The van der Waals surface area contributed by atoms with E-state index in [2.05, 4.69) is 45.6 Å². The number of morpholine rings is 1. The molecule has 174 valence electrons. The van der Waals surface area contributed by atoms with Gasteiger partial charge in [-0.15, -0.1) is 24.0 Å². The number of amides is 1. The van der Waals surface area contributed by atoms with Crippen LogP contribution in [0.4, 0.5) is 5.69 Å². The third kappa shape index (κ3) is 6.35. The molecule has 1 aliphatic rings. The summed E-state index contributed by atoms with van der Waals surface area (Å²) in [6.07, 6.45) is 1.51. The normalized spacial score (nSPS) is 16.1. The quantitative estimate of drug-likeness (QED) is 0.271. The zero-order chi connectivity index (χ0) is 22.3. The molecule has 2 heterocycles. The van der Waals surface area contributed by atoms with E-state index in [4.69, 9.17) is 9.15 Å². The molecular weight excluding hydrogens is 531 g/mol. The highest BCUT2D eigenvalue weighted by Crippen LogP contribution is 2.25. The maximum atomic E-state index is 12.1. The maximum absolute atomic E-state index is 12.1. The first-order valence-electron chi connectivity index (χ1n) is 10.7. The number of carbonyl (C=O) groups excluding carboxylic acids is 1. The number of nitrogens with one attached hydrogen (secondary N) is 2. The van der Waals surface area contributed by atoms with Crippen molar-refractivity contribution in [2.24, 2.45) is 4.99 Å². The van der Waals surface area contributed by atoms with Crippen molar-refractivity contribution in [2.45, 2.75) is 19.6 Å². The molecule has 1 unspecified atom stereocenters. The molecule has 7 nitrogen and oxygen atoms in total. The predicted molar refractivity (Wildman–Crippen MR) is 140 cm³/mol. The number of nitrogens with zero attached hydrogens (tertiary/aromatic N) is 2. The van der Waals surface area contributed by atoms with Crippen LogP contribution in [0.3, 0.4) is 0 Å². The summed E-state index contributed by atoms with van der Waals surface area (Å²) in [4.78, 5) is 18.8. The van der Waals surface area contributed by atoms with Gasteiger partial charge in [0.1, 0.15) is 6.10 Å². The van der Waals surface area contributed by atoms with Crippen LogP contribution in [-0.2, 0) is 11.3 Å². The molecule has 1 aliphatic heterocycles. The Labute approximate surface area is 211 Å². The van der Waals surface area contributed by atoms with E-state index < -0.39 is 0 Å². The van der Waals surface area contributed by atoms with Crippen molar-refractivity contribution in [3.05, 3.63) is 89.4 Å². The van der Waals surface area contributed by atoms with E-state index in [0.29, 0.717) is 18.8 Å². The molecule has 33 heavy (non-hydrogen) atoms. The molecule has 1 fully saturated rings. The molecule has 4 rings (SSSR count). The van der Waals surface area contributed by atoms with Gasteiger partial charge in [0.2, 0.25) is 0 Å². The summed E-state index contributed by atoms with van der Waals surface area (Å²) in [7, 11) is 1.80. The molecule has 8 heteroatoms. The van der Waals surface area contributed by atoms with Crippen molar-refractivity contribution < 1.29 is 13.9 Å². The van der Waals surface area contributed by atoms with Crippen molar-refractivity contribution in [1.29, 1.82) is 0 Å². The smallest absolute Gasteiger partial charge is 0.291 e. The fourth-order valence-electron chi connectivity index (χ4n) is 3.80. The Morgan fingerprint density at radius 3 is 2.61 bits per heavy atom. The van der Waals surface area contributed by atoms with Gasteiger partial charge in [-0.2, -0.15) is 0 Å². The zero-order valence-corrected chi connectivity index (χ0v) is 21.1. The van der Waals surface area contributed by atoms with Crippen LogP contribution in [0.25, 0.3) is 0 Å². The second kappa shape index (κ2) is 11.9. The van der Waals surface area contributed by atoms with Gasteiger partial charge in [-0.1, -0.05) is 36.4 Å². The SMILES string of the molecule is CN=C(NCc1ccc(NC(=O)c2ccco2)cc1)N1CCOC(c2ccccc2C)C1.I. The minimum absolute atomic E-state index is 0. The number of guanidine groups is 1. The van der Waals surface area contributed by atoms with Crippen LogP contribution in [0.2, 0.25) is 0 Å². The Hall–Kier alpha value is -2.85. The molecule has 3 aromatic rings. The van der Waals surface area contributed by atoms with E-state index in [-0.39, 0.29) is 41.7 Å². The molecule has 0 aliphatic carbocycles. The predicted octanol–water partition coefficient (Wildman–Crippen LogP) is 4.61. The molecule has 0 radical (unpaired) electrons. The molecule has 0 saturated carbocycles. The number of hydrogen-bond acceptors (Lipinski definition) is 4. The van der Waals surface area contributed by atoms with Gasteiger partial charge in [-0.05, 0) is 47.9 Å². The average molecular weight is 560 g/mol. The Morgan fingerprint density at radius 2 is 1.91 bits per heavy atom. The number of hydrogen-bond donors (Lipinski definition) is 2. The number of carbonyl (C=O) groups is 1. The maximum Gasteiger partial charge on any atom is 0.291 e. The number of halogens is 1. The van der Waals surface area contributed by atoms with E-state index in [1.807, 2.05) is 30.3 Å². The van der Waals surface area contributed by atoms with Crippen molar-refractivity contribution in [3.8, 4) is 0 Å². The lowest BCUT2D eigenvalue weighted by Crippen LogP contribution is -2.48. The lowest BCUT2D eigenvalue weighted by atomic mass is 10.0. The van der Waals surface area contributed by atoms with Crippen LogP contribution in [0.15, 0.2) is 76.3 Å². The third-order valence-electron chi connectivity index (χ3n) is 5.52. The highest BCUT2D eigenvalue weighted by Gasteiger charge is 2.25. The minimum atomic E-state index is -0.267. The van der Waals surface area contributed by atoms with Crippen LogP contribution in [-0.4, -0.2) is 43.5 Å². The third-order valence-corrected chi connectivity index (χ3v) is 5.52. The Bertz CT molecular complexity index is 1070. The standard InChI is InChI=1S/C25H28N4O3.HI/c1-18-6-3-4-7-21(18)23-17-29(13-15-32-23)25(26-2)27-16-19-9-11-20(12-10-19)28-24(30)22-8-5-14-31-22;/h3-12,14,23H,13,15-17H2,1-2H3,(H,26,27)(H,28,30);1H. The summed E-state index contributed by atoms with van der Waals surface area (Å²) < 4.78 is 11.2. The molecular formula is C25H29IN4O3. The van der Waals surface area contributed by atoms with E-state index in [1.165, 1.54) is 17.4 Å². The van der Waals surface area contributed by atoms with Crippen LogP contribution in [0, 0.1) is 6.92 Å². The fourth-order valence-corrected chi connectivity index (χ4v) is 3.80. The Morgan fingerprint density at radius 1 is 1.12 bits per heavy atom. The first kappa shape index (κ1) is 24.8. The topological polar surface area (TPSA) is 79.1 Å². The van der Waals surface area contributed by atoms with Crippen LogP contribution in [0.1, 0.15) is 33.3 Å². The van der Waals surface area contributed by atoms with E-state index in [1.54, 1.807) is 19.2 Å². The second-order valence-electron chi connectivity index (χ2n) is 7.69. The number of anilines is 1.